The molecule has 4 rings (SSSR count). The van der Waals surface area contributed by atoms with E-state index in [0.29, 0.717) is 30.9 Å². The summed E-state index contributed by atoms with van der Waals surface area (Å²) in [6, 6.07) is 11.1. The van der Waals surface area contributed by atoms with Crippen molar-refractivity contribution in [3.63, 3.8) is 0 Å². The molecule has 1 aliphatic rings. The summed E-state index contributed by atoms with van der Waals surface area (Å²) >= 11 is 0. The lowest BCUT2D eigenvalue weighted by molar-refractivity contribution is 0.0645. The van der Waals surface area contributed by atoms with Gasteiger partial charge in [0.2, 0.25) is 0 Å². The Morgan fingerprint density at radius 1 is 1.06 bits per heavy atom. The molecule has 7 heteroatoms. The number of carbonyl (C=O) groups is 2. The summed E-state index contributed by atoms with van der Waals surface area (Å²) in [5.74, 6) is -0.389. The van der Waals surface area contributed by atoms with Crippen LogP contribution < -0.4 is 0 Å². The van der Waals surface area contributed by atoms with Crippen molar-refractivity contribution in [1.82, 2.24) is 14.4 Å². The largest absolute Gasteiger partial charge is 0.361 e. The highest BCUT2D eigenvalue weighted by molar-refractivity contribution is 6.76. The van der Waals surface area contributed by atoms with Gasteiger partial charge in [-0.15, -0.1) is 0 Å². The van der Waals surface area contributed by atoms with Gasteiger partial charge in [0.05, 0.1) is 22.2 Å². The molecule has 170 valence electrons. The van der Waals surface area contributed by atoms with E-state index in [4.69, 9.17) is 4.74 Å². The zero-order valence-corrected chi connectivity index (χ0v) is 21.0. The van der Waals surface area contributed by atoms with Crippen LogP contribution in [0.25, 0.3) is 21.8 Å². The Hall–Kier alpha value is -2.48. The van der Waals surface area contributed by atoms with E-state index in [9.17, 15) is 9.59 Å². The Labute approximate surface area is 190 Å². The fourth-order valence-electron chi connectivity index (χ4n) is 4.39. The lowest BCUT2D eigenvalue weighted by Crippen LogP contribution is -2.35. The molecule has 0 saturated carbocycles. The van der Waals surface area contributed by atoms with Gasteiger partial charge in [0.15, 0.2) is 0 Å². The molecule has 0 saturated heterocycles. The van der Waals surface area contributed by atoms with E-state index in [1.165, 1.54) is 4.90 Å². The van der Waals surface area contributed by atoms with Crippen molar-refractivity contribution in [3.05, 3.63) is 47.0 Å². The number of benzene rings is 2. The van der Waals surface area contributed by atoms with E-state index in [1.807, 2.05) is 50.2 Å². The van der Waals surface area contributed by atoms with Crippen molar-refractivity contribution < 1.29 is 14.3 Å². The van der Waals surface area contributed by atoms with E-state index < -0.39 is 8.07 Å². The smallest absolute Gasteiger partial charge is 0.262 e. The Kier molecular flexibility index (Phi) is 6.00. The van der Waals surface area contributed by atoms with Crippen LogP contribution in [-0.4, -0.2) is 68.0 Å². The van der Waals surface area contributed by atoms with Crippen molar-refractivity contribution >= 4 is 41.7 Å². The minimum Gasteiger partial charge on any atom is -0.361 e. The monoisotopic (exact) mass is 451 g/mol. The summed E-state index contributed by atoms with van der Waals surface area (Å²) in [6.45, 7) is 11.2. The van der Waals surface area contributed by atoms with Crippen LogP contribution in [0.1, 0.15) is 26.3 Å². The Bertz CT molecular complexity index is 1210. The topological polar surface area (TPSA) is 54.8 Å². The highest BCUT2D eigenvalue weighted by atomic mass is 28.3. The molecule has 2 heterocycles. The molecule has 0 bridgehead atoms. The van der Waals surface area contributed by atoms with E-state index in [1.54, 1.807) is 0 Å². The van der Waals surface area contributed by atoms with Crippen LogP contribution in [0, 0.1) is 6.92 Å². The van der Waals surface area contributed by atoms with Crippen LogP contribution in [0.15, 0.2) is 30.3 Å². The van der Waals surface area contributed by atoms with Crippen molar-refractivity contribution in [2.75, 3.05) is 33.8 Å². The van der Waals surface area contributed by atoms with Crippen molar-refractivity contribution in [1.29, 1.82) is 0 Å². The van der Waals surface area contributed by atoms with Gasteiger partial charge in [0.25, 0.3) is 11.8 Å². The van der Waals surface area contributed by atoms with Crippen LogP contribution in [0.5, 0.6) is 0 Å². The molecule has 1 aliphatic heterocycles. The Morgan fingerprint density at radius 3 is 2.47 bits per heavy atom. The molecule has 0 fully saturated rings. The van der Waals surface area contributed by atoms with Crippen molar-refractivity contribution in [3.8, 4) is 0 Å². The second-order valence-electron chi connectivity index (χ2n) is 10.2. The predicted octanol–water partition coefficient (Wildman–Crippen LogP) is 4.57. The standard InChI is InChI=1S/C25H33N3O3Si/c1-17-15-19-22(25(30)27(24(19)29)12-11-26(2)3)21-18-9-7-8-10-20(18)28(23(17)21)16-31-13-14-32(4,5)6/h7-10,15H,11-14,16H2,1-6H3. The van der Waals surface area contributed by atoms with Crippen LogP contribution in [0.3, 0.4) is 0 Å². The number of imide groups is 1. The number of aromatic nitrogens is 1. The average molecular weight is 452 g/mol. The molecule has 0 N–H and O–H groups in total. The first-order valence-corrected chi connectivity index (χ1v) is 14.9. The number of para-hydroxylation sites is 1. The van der Waals surface area contributed by atoms with Crippen LogP contribution in [0.4, 0.5) is 0 Å². The number of carbonyl (C=O) groups excluding carboxylic acids is 2. The fourth-order valence-corrected chi connectivity index (χ4v) is 5.15. The quantitative estimate of drug-likeness (QED) is 0.286. The van der Waals surface area contributed by atoms with Gasteiger partial charge in [-0.3, -0.25) is 14.5 Å². The average Bonchev–Trinajstić information content (AvgIpc) is 3.16. The number of ether oxygens (including phenoxy) is 1. The highest BCUT2D eigenvalue weighted by Crippen LogP contribution is 2.39. The number of aryl methyl sites for hydroxylation is 1. The minimum absolute atomic E-state index is 0.194. The summed E-state index contributed by atoms with van der Waals surface area (Å²) < 4.78 is 8.27. The minimum atomic E-state index is -1.18. The van der Waals surface area contributed by atoms with Gasteiger partial charge in [-0.2, -0.15) is 0 Å². The normalized spacial score (nSPS) is 14.4. The maximum Gasteiger partial charge on any atom is 0.262 e. The summed E-state index contributed by atoms with van der Waals surface area (Å²) in [5.41, 5.74) is 4.04. The molecule has 3 aromatic rings. The van der Waals surface area contributed by atoms with Crippen LogP contribution in [0.2, 0.25) is 25.7 Å². The summed E-state index contributed by atoms with van der Waals surface area (Å²) in [7, 11) is 2.70. The van der Waals surface area contributed by atoms with Gasteiger partial charge >= 0.3 is 0 Å². The third kappa shape index (κ3) is 4.00. The van der Waals surface area contributed by atoms with E-state index in [2.05, 4.69) is 30.3 Å². The van der Waals surface area contributed by atoms with Gasteiger partial charge in [-0.25, -0.2) is 0 Å². The second kappa shape index (κ2) is 8.46. The molecule has 0 unspecified atom stereocenters. The maximum atomic E-state index is 13.4. The fraction of sp³-hybridized carbons (Fsp3) is 0.440. The first-order valence-electron chi connectivity index (χ1n) is 11.2. The summed E-state index contributed by atoms with van der Waals surface area (Å²) in [5, 5.41) is 1.86. The maximum absolute atomic E-state index is 13.4. The van der Waals surface area contributed by atoms with Gasteiger partial charge in [-0.05, 0) is 44.8 Å². The molecule has 0 spiro atoms. The zero-order chi connectivity index (χ0) is 23.2. The molecule has 0 aliphatic carbocycles. The first-order chi connectivity index (χ1) is 15.1. The van der Waals surface area contributed by atoms with E-state index in [0.717, 1.165) is 40.0 Å². The number of fused-ring (bicyclic) bond motifs is 5. The molecule has 0 atom stereocenters. The first kappa shape index (κ1) is 22.7. The third-order valence-electron chi connectivity index (χ3n) is 6.15. The Balaban J connectivity index is 1.82. The summed E-state index contributed by atoms with van der Waals surface area (Å²) in [6.07, 6.45) is 0. The Morgan fingerprint density at radius 2 is 1.78 bits per heavy atom. The third-order valence-corrected chi connectivity index (χ3v) is 7.85. The number of nitrogens with zero attached hydrogens (tertiary/aromatic N) is 3. The van der Waals surface area contributed by atoms with Crippen molar-refractivity contribution in [2.24, 2.45) is 0 Å². The van der Waals surface area contributed by atoms with Gasteiger partial charge in [-0.1, -0.05) is 37.8 Å². The highest BCUT2D eigenvalue weighted by Gasteiger charge is 2.38. The molecule has 1 aromatic heterocycles. The number of amides is 2. The molecule has 2 aromatic carbocycles. The molecule has 6 nitrogen and oxygen atoms in total. The molecule has 2 amide bonds. The lowest BCUT2D eigenvalue weighted by atomic mass is 9.99. The predicted molar refractivity (Wildman–Crippen MR) is 132 cm³/mol. The molecule has 32 heavy (non-hydrogen) atoms. The van der Waals surface area contributed by atoms with E-state index in [-0.39, 0.29) is 11.8 Å². The van der Waals surface area contributed by atoms with Gasteiger partial charge < -0.3 is 14.2 Å². The lowest BCUT2D eigenvalue weighted by Gasteiger charge is -2.16. The van der Waals surface area contributed by atoms with E-state index >= 15 is 0 Å². The van der Waals surface area contributed by atoms with Crippen LogP contribution >= 0.6 is 0 Å². The molecular weight excluding hydrogens is 418 g/mol. The van der Waals surface area contributed by atoms with Crippen LogP contribution in [-0.2, 0) is 11.5 Å². The number of hydrogen-bond acceptors (Lipinski definition) is 4. The number of hydrogen-bond donors (Lipinski definition) is 0. The number of rotatable bonds is 8. The second-order valence-corrected chi connectivity index (χ2v) is 15.8. The molecule has 0 radical (unpaired) electrons. The van der Waals surface area contributed by atoms with Gasteiger partial charge in [0, 0.05) is 38.5 Å². The summed E-state index contributed by atoms with van der Waals surface area (Å²) in [4.78, 5) is 29.9. The van der Waals surface area contributed by atoms with Gasteiger partial charge in [0.1, 0.15) is 6.73 Å². The molecular formula is C25H33N3O3Si. The van der Waals surface area contributed by atoms with Crippen molar-refractivity contribution in [2.45, 2.75) is 39.3 Å². The number of likely N-dealkylation sites (N-methyl/N-ethyl adjacent to an activating group) is 1. The SMILES string of the molecule is Cc1cc2c(c3c4ccccc4n(COCC[Si](C)(C)C)c13)C(=O)N(CCN(C)C)C2=O. The zero-order valence-electron chi connectivity index (χ0n) is 20.0.